The largest absolute Gasteiger partial charge is 0.738 e. The van der Waals surface area contributed by atoms with E-state index in [4.69, 9.17) is 5.90 Å². The molecule has 0 radical (unpaired) electrons. The molecule has 0 saturated carbocycles. The van der Waals surface area contributed by atoms with Crippen molar-refractivity contribution in [3.63, 3.8) is 0 Å². The number of nitrogens with zero attached hydrogens (tertiary/aromatic N) is 1. The highest BCUT2D eigenvalue weighted by atomic mass is 17.2. The van der Waals surface area contributed by atoms with Crippen molar-refractivity contribution < 1.29 is 14.5 Å². The van der Waals surface area contributed by atoms with Crippen molar-refractivity contribution in [1.29, 1.82) is 0 Å². The van der Waals surface area contributed by atoms with Gasteiger partial charge >= 0.3 is 0 Å². The maximum Gasteiger partial charge on any atom is 0.230 e. The summed E-state index contributed by atoms with van der Waals surface area (Å²) in [6.07, 6.45) is 0. The summed E-state index contributed by atoms with van der Waals surface area (Å²) in [5, 5.41) is 10.1. The van der Waals surface area contributed by atoms with Gasteiger partial charge in [-0.3, -0.25) is 9.68 Å². The van der Waals surface area contributed by atoms with E-state index in [0.29, 0.717) is 0 Å². The molecular weight excluding hydrogens is 128 g/mol. The van der Waals surface area contributed by atoms with Gasteiger partial charge in [-0.1, -0.05) is 0 Å². The Kier molecular flexibility index (Phi) is 1.66. The van der Waals surface area contributed by atoms with Crippen LogP contribution in [0, 0.1) is 5.21 Å². The highest BCUT2D eigenvalue weighted by Crippen LogP contribution is 2.19. The Morgan fingerprint density at radius 3 is 2.78 bits per heavy atom. The molecule has 6 heteroatoms. The van der Waals surface area contributed by atoms with Crippen molar-refractivity contribution in [3.8, 4) is 0 Å². The molecule has 9 heavy (non-hydrogen) atoms. The Bertz CT molecular complexity index is 110. The fourth-order valence-electron chi connectivity index (χ4n) is 0.436. The molecule has 0 aliphatic carbocycles. The number of rotatable bonds is 1. The third kappa shape index (κ3) is 1.36. The lowest BCUT2D eigenvalue weighted by Gasteiger charge is -2.21. The van der Waals surface area contributed by atoms with E-state index in [1.807, 2.05) is 0 Å². The van der Waals surface area contributed by atoms with Crippen LogP contribution in [0.2, 0.25) is 0 Å². The molecular formula is C3H7N2O4-. The van der Waals surface area contributed by atoms with Crippen LogP contribution in [0.4, 0.5) is 0 Å². The zero-order valence-electron chi connectivity index (χ0n) is 4.86. The summed E-state index contributed by atoms with van der Waals surface area (Å²) in [4.78, 5) is 13.0. The first kappa shape index (κ1) is 6.87. The first-order chi connectivity index (χ1) is 4.16. The predicted octanol–water partition coefficient (Wildman–Crippen LogP) is -0.730. The average Bonchev–Trinajstić information content (AvgIpc) is 2.13. The molecule has 1 heterocycles. The minimum atomic E-state index is -1.12. The highest BCUT2D eigenvalue weighted by Gasteiger charge is 2.33. The molecule has 1 rings (SSSR count). The topological polar surface area (TPSA) is 80.0 Å². The summed E-state index contributed by atoms with van der Waals surface area (Å²) in [7, 11) is 0. The van der Waals surface area contributed by atoms with Crippen LogP contribution in [0.5, 0.6) is 0 Å². The van der Waals surface area contributed by atoms with E-state index in [0.717, 1.165) is 0 Å². The second-order valence-corrected chi connectivity index (χ2v) is 1.84. The van der Waals surface area contributed by atoms with Crippen molar-refractivity contribution >= 4 is 0 Å². The molecule has 0 aromatic heterocycles. The van der Waals surface area contributed by atoms with Crippen LogP contribution in [-0.4, -0.2) is 17.8 Å². The molecule has 0 bridgehead atoms. The van der Waals surface area contributed by atoms with Gasteiger partial charge in [-0.2, -0.15) is 0 Å². The molecule has 0 aromatic rings. The van der Waals surface area contributed by atoms with E-state index < -0.39 is 5.79 Å². The molecule has 1 fully saturated rings. The average molecular weight is 135 g/mol. The van der Waals surface area contributed by atoms with Crippen LogP contribution >= 0.6 is 0 Å². The van der Waals surface area contributed by atoms with Crippen LogP contribution in [0.25, 0.3) is 0 Å². The highest BCUT2D eigenvalue weighted by molar-refractivity contribution is 4.61. The summed E-state index contributed by atoms with van der Waals surface area (Å²) >= 11 is 0. The van der Waals surface area contributed by atoms with Crippen molar-refractivity contribution in [2.24, 2.45) is 5.90 Å². The quantitative estimate of drug-likeness (QED) is 0.477. The van der Waals surface area contributed by atoms with Gasteiger partial charge < -0.3 is 5.21 Å². The van der Waals surface area contributed by atoms with Crippen molar-refractivity contribution in [1.82, 2.24) is 5.39 Å². The van der Waals surface area contributed by atoms with E-state index in [1.165, 1.54) is 6.92 Å². The second-order valence-electron chi connectivity index (χ2n) is 1.84. The third-order valence-corrected chi connectivity index (χ3v) is 0.949. The zero-order valence-corrected chi connectivity index (χ0v) is 4.86. The van der Waals surface area contributed by atoms with E-state index in [1.54, 1.807) is 0 Å². The first-order valence-corrected chi connectivity index (χ1v) is 2.33. The molecule has 0 spiro atoms. The predicted molar refractivity (Wildman–Crippen MR) is 25.9 cm³/mol. The molecule has 6 nitrogen and oxygen atoms in total. The molecule has 0 amide bonds. The zero-order chi connectivity index (χ0) is 6.91. The van der Waals surface area contributed by atoms with Crippen LogP contribution < -0.4 is 5.90 Å². The number of hydrogen-bond acceptors (Lipinski definition) is 6. The maximum atomic E-state index is 10.2. The van der Waals surface area contributed by atoms with E-state index in [-0.39, 0.29) is 12.0 Å². The maximum absolute atomic E-state index is 10.2. The van der Waals surface area contributed by atoms with Crippen molar-refractivity contribution in [3.05, 3.63) is 5.21 Å². The van der Waals surface area contributed by atoms with E-state index in [2.05, 4.69) is 14.5 Å². The molecule has 1 unspecified atom stereocenters. The van der Waals surface area contributed by atoms with E-state index in [9.17, 15) is 5.21 Å². The molecule has 1 saturated heterocycles. The Balaban J connectivity index is 2.45. The third-order valence-electron chi connectivity index (χ3n) is 0.949. The fourth-order valence-corrected chi connectivity index (χ4v) is 0.436. The normalized spacial score (nSPS) is 37.7. The monoisotopic (exact) mass is 135 g/mol. The summed E-state index contributed by atoms with van der Waals surface area (Å²) in [6.45, 7) is 1.50. The molecule has 54 valence electrons. The Hall–Kier alpha value is -0.240. The lowest BCUT2D eigenvalue weighted by molar-refractivity contribution is -0.329. The molecule has 1 aliphatic heterocycles. The van der Waals surface area contributed by atoms with Crippen LogP contribution in [0.3, 0.4) is 0 Å². The number of nitrogens with two attached hydrogens (primary N) is 1. The summed E-state index contributed by atoms with van der Waals surface area (Å²) < 4.78 is 0. The minimum Gasteiger partial charge on any atom is -0.738 e. The molecule has 0 aromatic carbocycles. The van der Waals surface area contributed by atoms with Crippen molar-refractivity contribution in [2.45, 2.75) is 12.7 Å². The second kappa shape index (κ2) is 2.18. The molecule has 1 aliphatic rings. The van der Waals surface area contributed by atoms with Gasteiger partial charge in [0.15, 0.2) is 0 Å². The molecule has 2 N–H and O–H groups in total. The van der Waals surface area contributed by atoms with Gasteiger partial charge in [0.05, 0.1) is 0 Å². The first-order valence-electron chi connectivity index (χ1n) is 2.33. The van der Waals surface area contributed by atoms with Crippen LogP contribution in [-0.2, 0) is 14.5 Å². The lowest BCUT2D eigenvalue weighted by atomic mass is 10.4. The summed E-state index contributed by atoms with van der Waals surface area (Å²) in [5.74, 6) is 3.64. The van der Waals surface area contributed by atoms with Gasteiger partial charge in [-0.05, 0) is 6.92 Å². The summed E-state index contributed by atoms with van der Waals surface area (Å²) in [5.41, 5.74) is 0. The van der Waals surface area contributed by atoms with Gasteiger partial charge in [0.25, 0.3) is 0 Å². The standard InChI is InChI=1S/C3H7N2O4/c1-3(8-4)2-7-5(6)9-3/h2,4H2,1H3/q-1. The smallest absolute Gasteiger partial charge is 0.230 e. The fraction of sp³-hybridized carbons (Fsp3) is 1.00. The van der Waals surface area contributed by atoms with Gasteiger partial charge in [0, 0.05) is 0 Å². The Morgan fingerprint density at radius 1 is 1.89 bits per heavy atom. The van der Waals surface area contributed by atoms with Crippen LogP contribution in [0.1, 0.15) is 6.92 Å². The van der Waals surface area contributed by atoms with Gasteiger partial charge in [0.1, 0.15) is 6.61 Å². The Morgan fingerprint density at radius 2 is 2.56 bits per heavy atom. The summed E-state index contributed by atoms with van der Waals surface area (Å²) in [6, 6.07) is 0. The minimum absolute atomic E-state index is 0.00694. The lowest BCUT2D eigenvalue weighted by Crippen LogP contribution is -2.34. The van der Waals surface area contributed by atoms with Gasteiger partial charge in [-0.25, -0.2) is 10.7 Å². The van der Waals surface area contributed by atoms with Gasteiger partial charge in [0.2, 0.25) is 5.79 Å². The van der Waals surface area contributed by atoms with Gasteiger partial charge in [-0.15, -0.1) is 5.39 Å². The molecule has 1 atom stereocenters. The Labute approximate surface area is 51.5 Å². The van der Waals surface area contributed by atoms with Crippen molar-refractivity contribution in [2.75, 3.05) is 6.61 Å². The SMILES string of the molecule is CC1(ON)CON([O-])O1. The van der Waals surface area contributed by atoms with E-state index >= 15 is 0 Å². The van der Waals surface area contributed by atoms with Crippen LogP contribution in [0.15, 0.2) is 0 Å². The number of hydrogen-bond donors (Lipinski definition) is 1.